The smallest absolute Gasteiger partial charge is 0.193 e. The van der Waals surface area contributed by atoms with Crippen molar-refractivity contribution < 1.29 is 4.74 Å². The molecule has 0 amide bonds. The van der Waals surface area contributed by atoms with E-state index in [9.17, 15) is 0 Å². The molecule has 0 aromatic carbocycles. The van der Waals surface area contributed by atoms with Crippen molar-refractivity contribution in [2.24, 2.45) is 22.2 Å². The molecule has 3 atom stereocenters. The molecule has 4 heteroatoms. The van der Waals surface area contributed by atoms with E-state index >= 15 is 0 Å². The average molecular weight is 305 g/mol. The van der Waals surface area contributed by atoms with Crippen molar-refractivity contribution in [3.05, 3.63) is 0 Å². The highest BCUT2D eigenvalue weighted by molar-refractivity contribution is 5.81. The summed E-state index contributed by atoms with van der Waals surface area (Å²) < 4.78 is 5.65. The van der Waals surface area contributed by atoms with E-state index in [2.05, 4.69) is 15.2 Å². The number of guanidine groups is 1. The Balaban J connectivity index is 1.30. The third-order valence-corrected chi connectivity index (χ3v) is 6.54. The summed E-state index contributed by atoms with van der Waals surface area (Å²) in [7, 11) is 1.94. The van der Waals surface area contributed by atoms with Gasteiger partial charge in [-0.05, 0) is 31.1 Å². The number of ether oxygens (including phenoxy) is 1. The zero-order valence-electron chi connectivity index (χ0n) is 14.0. The maximum atomic E-state index is 5.65. The van der Waals surface area contributed by atoms with Gasteiger partial charge in [0.05, 0.1) is 6.61 Å². The van der Waals surface area contributed by atoms with Crippen LogP contribution in [0.4, 0.5) is 0 Å². The van der Waals surface area contributed by atoms with Crippen LogP contribution in [0, 0.1) is 17.3 Å². The van der Waals surface area contributed by atoms with Crippen molar-refractivity contribution in [3.8, 4) is 0 Å². The van der Waals surface area contributed by atoms with Gasteiger partial charge in [0.15, 0.2) is 5.96 Å². The number of likely N-dealkylation sites (tertiary alicyclic amines) is 1. The van der Waals surface area contributed by atoms with Crippen LogP contribution in [0.15, 0.2) is 4.99 Å². The molecule has 2 aliphatic heterocycles. The fourth-order valence-electron chi connectivity index (χ4n) is 5.01. The molecule has 4 fully saturated rings. The largest absolute Gasteiger partial charge is 0.381 e. The van der Waals surface area contributed by atoms with Crippen molar-refractivity contribution in [2.45, 2.75) is 57.4 Å². The molecule has 1 N–H and O–H groups in total. The summed E-state index contributed by atoms with van der Waals surface area (Å²) in [5.41, 5.74) is 0.421. The SMILES string of the molecule is CN=C(NC1CC1C1CCCCC1)N1CCC2(CCOC2)C1. The van der Waals surface area contributed by atoms with E-state index in [1.807, 2.05) is 7.05 Å². The highest BCUT2D eigenvalue weighted by Gasteiger charge is 2.46. The van der Waals surface area contributed by atoms with Crippen molar-refractivity contribution >= 4 is 5.96 Å². The fourth-order valence-corrected chi connectivity index (χ4v) is 5.01. The molecule has 2 aliphatic carbocycles. The van der Waals surface area contributed by atoms with Crippen molar-refractivity contribution in [3.63, 3.8) is 0 Å². The highest BCUT2D eigenvalue weighted by Crippen LogP contribution is 2.44. The molecule has 1 spiro atoms. The lowest BCUT2D eigenvalue weighted by Crippen LogP contribution is -2.43. The molecule has 0 aromatic heterocycles. The zero-order valence-corrected chi connectivity index (χ0v) is 14.0. The molecule has 3 unspecified atom stereocenters. The van der Waals surface area contributed by atoms with E-state index < -0.39 is 0 Å². The Bertz CT molecular complexity index is 424. The van der Waals surface area contributed by atoms with Gasteiger partial charge in [0.2, 0.25) is 0 Å². The van der Waals surface area contributed by atoms with Crippen LogP contribution in [0.5, 0.6) is 0 Å². The lowest BCUT2D eigenvalue weighted by molar-refractivity contribution is 0.156. The first-order valence-corrected chi connectivity index (χ1v) is 9.36. The molecule has 22 heavy (non-hydrogen) atoms. The third kappa shape index (κ3) is 2.86. The Labute approximate surface area is 134 Å². The lowest BCUT2D eigenvalue weighted by Gasteiger charge is -2.26. The maximum absolute atomic E-state index is 5.65. The Morgan fingerprint density at radius 2 is 2.09 bits per heavy atom. The number of hydrogen-bond acceptors (Lipinski definition) is 2. The van der Waals surface area contributed by atoms with E-state index in [0.29, 0.717) is 11.5 Å². The topological polar surface area (TPSA) is 36.9 Å². The zero-order chi connectivity index (χ0) is 15.0. The molecule has 0 radical (unpaired) electrons. The predicted octanol–water partition coefficient (Wildman–Crippen LogP) is 2.64. The van der Waals surface area contributed by atoms with Crippen LogP contribution in [0.1, 0.15) is 51.4 Å². The van der Waals surface area contributed by atoms with Gasteiger partial charge in [-0.3, -0.25) is 4.99 Å². The van der Waals surface area contributed by atoms with Crippen LogP contribution < -0.4 is 5.32 Å². The first-order valence-electron chi connectivity index (χ1n) is 9.36. The van der Waals surface area contributed by atoms with Crippen molar-refractivity contribution in [2.75, 3.05) is 33.4 Å². The second-order valence-corrected chi connectivity index (χ2v) is 8.07. The van der Waals surface area contributed by atoms with Gasteiger partial charge in [-0.2, -0.15) is 0 Å². The van der Waals surface area contributed by atoms with Gasteiger partial charge in [0.1, 0.15) is 0 Å². The van der Waals surface area contributed by atoms with Gasteiger partial charge in [-0.25, -0.2) is 0 Å². The molecule has 0 bridgehead atoms. The van der Waals surface area contributed by atoms with Crippen LogP contribution in [-0.2, 0) is 4.74 Å². The number of hydrogen-bond donors (Lipinski definition) is 1. The standard InChI is InChI=1S/C18H31N3O/c1-19-17(21-9-7-18(12-21)8-10-22-13-18)20-16-11-15(16)14-5-3-2-4-6-14/h14-16H,2-13H2,1H3,(H,19,20). The summed E-state index contributed by atoms with van der Waals surface area (Å²) in [5.74, 6) is 3.05. The molecule has 4 aliphatic rings. The molecule has 4 rings (SSSR count). The van der Waals surface area contributed by atoms with E-state index in [1.165, 1.54) is 51.4 Å². The van der Waals surface area contributed by atoms with E-state index in [4.69, 9.17) is 4.74 Å². The van der Waals surface area contributed by atoms with Gasteiger partial charge < -0.3 is 15.0 Å². The minimum atomic E-state index is 0.421. The second-order valence-electron chi connectivity index (χ2n) is 8.07. The Kier molecular flexibility index (Phi) is 4.05. The summed E-state index contributed by atoms with van der Waals surface area (Å²) in [6, 6.07) is 0.693. The van der Waals surface area contributed by atoms with Gasteiger partial charge in [-0.15, -0.1) is 0 Å². The van der Waals surface area contributed by atoms with Crippen LogP contribution in [-0.4, -0.2) is 50.3 Å². The molecule has 2 saturated carbocycles. The van der Waals surface area contributed by atoms with Crippen LogP contribution in [0.25, 0.3) is 0 Å². The van der Waals surface area contributed by atoms with E-state index in [-0.39, 0.29) is 0 Å². The maximum Gasteiger partial charge on any atom is 0.193 e. The first kappa shape index (κ1) is 14.8. The average Bonchev–Trinajstić information content (AvgIpc) is 2.98. The number of aliphatic imine (C=N–C) groups is 1. The molecular formula is C18H31N3O. The van der Waals surface area contributed by atoms with E-state index in [1.54, 1.807) is 0 Å². The second kappa shape index (κ2) is 6.03. The van der Waals surface area contributed by atoms with Crippen LogP contribution in [0.3, 0.4) is 0 Å². The van der Waals surface area contributed by atoms with Crippen molar-refractivity contribution in [1.29, 1.82) is 0 Å². The number of nitrogens with zero attached hydrogens (tertiary/aromatic N) is 2. The predicted molar refractivity (Wildman–Crippen MR) is 89.0 cm³/mol. The number of nitrogens with one attached hydrogen (secondary N) is 1. The molecule has 2 saturated heterocycles. The Morgan fingerprint density at radius 1 is 1.23 bits per heavy atom. The van der Waals surface area contributed by atoms with E-state index in [0.717, 1.165) is 44.1 Å². The van der Waals surface area contributed by atoms with Gasteiger partial charge in [0.25, 0.3) is 0 Å². The molecule has 124 valence electrons. The summed E-state index contributed by atoms with van der Waals surface area (Å²) in [6.07, 6.45) is 11.2. The monoisotopic (exact) mass is 305 g/mol. The van der Waals surface area contributed by atoms with Gasteiger partial charge in [0, 0.05) is 38.2 Å². The minimum Gasteiger partial charge on any atom is -0.381 e. The molecule has 4 nitrogen and oxygen atoms in total. The highest BCUT2D eigenvalue weighted by atomic mass is 16.5. The quantitative estimate of drug-likeness (QED) is 0.629. The molecule has 2 heterocycles. The molecular weight excluding hydrogens is 274 g/mol. The summed E-state index contributed by atoms with van der Waals surface area (Å²) in [4.78, 5) is 7.05. The first-order chi connectivity index (χ1) is 10.8. The van der Waals surface area contributed by atoms with Gasteiger partial charge in [-0.1, -0.05) is 32.1 Å². The fraction of sp³-hybridized carbons (Fsp3) is 0.944. The van der Waals surface area contributed by atoms with Crippen LogP contribution in [0.2, 0.25) is 0 Å². The Morgan fingerprint density at radius 3 is 2.82 bits per heavy atom. The van der Waals surface area contributed by atoms with Crippen LogP contribution >= 0.6 is 0 Å². The van der Waals surface area contributed by atoms with Crippen molar-refractivity contribution in [1.82, 2.24) is 10.2 Å². The summed E-state index contributed by atoms with van der Waals surface area (Å²) >= 11 is 0. The Hall–Kier alpha value is -0.770. The van der Waals surface area contributed by atoms with Gasteiger partial charge >= 0.3 is 0 Å². The summed E-state index contributed by atoms with van der Waals surface area (Å²) in [6.45, 7) is 4.18. The normalized spacial score (nSPS) is 39.7. The third-order valence-electron chi connectivity index (χ3n) is 6.54. The number of rotatable bonds is 2. The minimum absolute atomic E-state index is 0.421. The molecule has 0 aromatic rings. The summed E-state index contributed by atoms with van der Waals surface area (Å²) in [5, 5.41) is 3.77. The lowest BCUT2D eigenvalue weighted by atomic mass is 9.85.